The van der Waals surface area contributed by atoms with E-state index in [0.717, 1.165) is 46.7 Å². The molecular weight excluding hydrogens is 346 g/mol. The van der Waals surface area contributed by atoms with E-state index in [-0.39, 0.29) is 5.91 Å². The van der Waals surface area contributed by atoms with Gasteiger partial charge in [0.1, 0.15) is 11.7 Å². The summed E-state index contributed by atoms with van der Waals surface area (Å²) in [6.07, 6.45) is 4.74. The van der Waals surface area contributed by atoms with Crippen molar-refractivity contribution in [1.82, 2.24) is 9.88 Å². The van der Waals surface area contributed by atoms with Gasteiger partial charge in [0.25, 0.3) is 5.91 Å². The summed E-state index contributed by atoms with van der Waals surface area (Å²) >= 11 is 1.62. The summed E-state index contributed by atoms with van der Waals surface area (Å²) in [5, 5.41) is 1.04. The van der Waals surface area contributed by atoms with E-state index >= 15 is 0 Å². The van der Waals surface area contributed by atoms with E-state index in [1.165, 1.54) is 0 Å². The fourth-order valence-corrected chi connectivity index (χ4v) is 4.80. The number of carbonyl (C=O) groups is 2. The first-order valence-corrected chi connectivity index (χ1v) is 10.0. The third-order valence-corrected chi connectivity index (χ3v) is 6.41. The molecule has 0 spiro atoms. The molecule has 2 N–H and O–H groups in total. The molecular formula is C20H23N3O2S. The second kappa shape index (κ2) is 6.83. The summed E-state index contributed by atoms with van der Waals surface area (Å²) in [7, 11) is 0. The highest BCUT2D eigenvalue weighted by atomic mass is 32.1. The number of amides is 2. The molecule has 0 radical (unpaired) electrons. The summed E-state index contributed by atoms with van der Waals surface area (Å²) in [5.74, 6) is -0.0978. The molecule has 1 aliphatic carbocycles. The lowest BCUT2D eigenvalue weighted by molar-refractivity contribution is -0.123. The summed E-state index contributed by atoms with van der Waals surface area (Å²) < 4.78 is 0. The standard InChI is InChI=1S/C20H23N3O2S/c1-12-5-4-6-14(11-12)17-16(22-19(26-17)13-8-9-13)20(25)23-10-3-2-7-15(23)18(21)24/h4-6,11,13,15H,2-3,7-10H2,1H3,(H2,21,24). The number of primary amides is 1. The van der Waals surface area contributed by atoms with Gasteiger partial charge < -0.3 is 10.6 Å². The lowest BCUT2D eigenvalue weighted by Crippen LogP contribution is -2.50. The Morgan fingerprint density at radius 2 is 2.04 bits per heavy atom. The number of piperidine rings is 1. The zero-order valence-corrected chi connectivity index (χ0v) is 15.7. The second-order valence-electron chi connectivity index (χ2n) is 7.29. The normalized spacial score (nSPS) is 20.2. The van der Waals surface area contributed by atoms with Gasteiger partial charge in [0.15, 0.2) is 0 Å². The molecule has 1 saturated carbocycles. The van der Waals surface area contributed by atoms with Gasteiger partial charge in [-0.3, -0.25) is 9.59 Å². The minimum atomic E-state index is -0.521. The van der Waals surface area contributed by atoms with Gasteiger partial charge in [-0.15, -0.1) is 11.3 Å². The molecule has 2 aromatic rings. The Kier molecular flexibility index (Phi) is 4.53. The lowest BCUT2D eigenvalue weighted by atomic mass is 10.0. The van der Waals surface area contributed by atoms with Crippen LogP contribution >= 0.6 is 11.3 Å². The third-order valence-electron chi connectivity index (χ3n) is 5.15. The number of aryl methyl sites for hydroxylation is 1. The van der Waals surface area contributed by atoms with Crippen LogP contribution in [0.3, 0.4) is 0 Å². The fourth-order valence-electron chi connectivity index (χ4n) is 3.57. The number of carbonyl (C=O) groups excluding carboxylic acids is 2. The summed E-state index contributed by atoms with van der Waals surface area (Å²) in [6.45, 7) is 2.61. The molecule has 2 amide bonds. The average Bonchev–Trinajstić information content (AvgIpc) is 3.39. The molecule has 2 fully saturated rings. The number of thiazole rings is 1. The van der Waals surface area contributed by atoms with Gasteiger partial charge in [0.05, 0.1) is 9.88 Å². The van der Waals surface area contributed by atoms with Crippen LogP contribution in [0, 0.1) is 6.92 Å². The molecule has 2 heterocycles. The van der Waals surface area contributed by atoms with Crippen LogP contribution in [-0.4, -0.2) is 34.3 Å². The number of aromatic nitrogens is 1. The Hall–Kier alpha value is -2.21. The molecule has 1 unspecified atom stereocenters. The Morgan fingerprint density at radius 3 is 2.73 bits per heavy atom. The van der Waals surface area contributed by atoms with E-state index in [2.05, 4.69) is 6.07 Å². The van der Waals surface area contributed by atoms with E-state index in [4.69, 9.17) is 10.7 Å². The van der Waals surface area contributed by atoms with Crippen molar-refractivity contribution in [3.63, 3.8) is 0 Å². The van der Waals surface area contributed by atoms with Crippen molar-refractivity contribution >= 4 is 23.2 Å². The Morgan fingerprint density at radius 1 is 1.23 bits per heavy atom. The quantitative estimate of drug-likeness (QED) is 0.896. The predicted octanol–water partition coefficient (Wildman–Crippen LogP) is 3.48. The van der Waals surface area contributed by atoms with E-state index in [0.29, 0.717) is 24.6 Å². The number of hydrogen-bond acceptors (Lipinski definition) is 4. The number of benzene rings is 1. The van der Waals surface area contributed by atoms with E-state index in [1.54, 1.807) is 16.2 Å². The monoisotopic (exact) mass is 369 g/mol. The molecule has 136 valence electrons. The van der Waals surface area contributed by atoms with Crippen LogP contribution in [-0.2, 0) is 4.79 Å². The van der Waals surface area contributed by atoms with Crippen LogP contribution in [0.15, 0.2) is 24.3 Å². The maximum absolute atomic E-state index is 13.3. The van der Waals surface area contributed by atoms with Crippen molar-refractivity contribution in [3.05, 3.63) is 40.5 Å². The van der Waals surface area contributed by atoms with Crippen molar-refractivity contribution < 1.29 is 9.59 Å². The van der Waals surface area contributed by atoms with Crippen molar-refractivity contribution in [2.24, 2.45) is 5.73 Å². The smallest absolute Gasteiger partial charge is 0.274 e. The molecule has 2 aliphatic rings. The average molecular weight is 369 g/mol. The molecule has 1 aromatic carbocycles. The maximum atomic E-state index is 13.3. The molecule has 1 aromatic heterocycles. The first-order chi connectivity index (χ1) is 12.5. The van der Waals surface area contributed by atoms with Crippen molar-refractivity contribution in [2.45, 2.75) is 51.0 Å². The van der Waals surface area contributed by atoms with Gasteiger partial charge in [-0.05, 0) is 44.6 Å². The molecule has 6 heteroatoms. The van der Waals surface area contributed by atoms with Crippen LogP contribution in [0.4, 0.5) is 0 Å². The molecule has 1 atom stereocenters. The SMILES string of the molecule is Cc1cccc(-c2sc(C3CC3)nc2C(=O)N2CCCCC2C(N)=O)c1. The van der Waals surface area contributed by atoms with Crippen LogP contribution in [0.5, 0.6) is 0 Å². The van der Waals surface area contributed by atoms with E-state index in [9.17, 15) is 9.59 Å². The first kappa shape index (κ1) is 17.2. The number of nitrogens with zero attached hydrogens (tertiary/aromatic N) is 2. The molecule has 4 rings (SSSR count). The maximum Gasteiger partial charge on any atom is 0.274 e. The van der Waals surface area contributed by atoms with Crippen molar-refractivity contribution in [1.29, 1.82) is 0 Å². The highest BCUT2D eigenvalue weighted by Gasteiger charge is 2.36. The first-order valence-electron chi connectivity index (χ1n) is 9.22. The topological polar surface area (TPSA) is 76.3 Å². The van der Waals surface area contributed by atoms with Crippen LogP contribution < -0.4 is 5.73 Å². The highest BCUT2D eigenvalue weighted by Crippen LogP contribution is 2.45. The van der Waals surface area contributed by atoms with Gasteiger partial charge in [0, 0.05) is 12.5 Å². The fraction of sp³-hybridized carbons (Fsp3) is 0.450. The molecule has 26 heavy (non-hydrogen) atoms. The van der Waals surface area contributed by atoms with E-state index in [1.807, 2.05) is 25.1 Å². The Balaban J connectivity index is 1.74. The van der Waals surface area contributed by atoms with E-state index < -0.39 is 11.9 Å². The predicted molar refractivity (Wildman–Crippen MR) is 102 cm³/mol. The van der Waals surface area contributed by atoms with Gasteiger partial charge in [-0.25, -0.2) is 4.98 Å². The number of likely N-dealkylation sites (tertiary alicyclic amines) is 1. The van der Waals surface area contributed by atoms with Gasteiger partial charge >= 0.3 is 0 Å². The Labute approximate surface area is 157 Å². The number of hydrogen-bond donors (Lipinski definition) is 1. The summed E-state index contributed by atoms with van der Waals surface area (Å²) in [5.41, 5.74) is 8.20. The third kappa shape index (κ3) is 3.26. The van der Waals surface area contributed by atoms with Crippen molar-refractivity contribution in [2.75, 3.05) is 6.54 Å². The van der Waals surface area contributed by atoms with Crippen LogP contribution in [0.2, 0.25) is 0 Å². The minimum absolute atomic E-state index is 0.159. The summed E-state index contributed by atoms with van der Waals surface area (Å²) in [6, 6.07) is 7.63. The van der Waals surface area contributed by atoms with Crippen LogP contribution in [0.25, 0.3) is 10.4 Å². The Bertz CT molecular complexity index is 856. The minimum Gasteiger partial charge on any atom is -0.368 e. The number of nitrogens with two attached hydrogens (primary N) is 1. The molecule has 5 nitrogen and oxygen atoms in total. The largest absolute Gasteiger partial charge is 0.368 e. The zero-order valence-electron chi connectivity index (χ0n) is 14.9. The summed E-state index contributed by atoms with van der Waals surface area (Å²) in [4.78, 5) is 32.4. The van der Waals surface area contributed by atoms with Crippen molar-refractivity contribution in [3.8, 4) is 10.4 Å². The number of rotatable bonds is 4. The van der Waals surface area contributed by atoms with Gasteiger partial charge in [0.2, 0.25) is 5.91 Å². The highest BCUT2D eigenvalue weighted by molar-refractivity contribution is 7.15. The molecule has 1 aliphatic heterocycles. The zero-order chi connectivity index (χ0) is 18.3. The van der Waals surface area contributed by atoms with Gasteiger partial charge in [-0.1, -0.05) is 29.8 Å². The molecule has 1 saturated heterocycles. The van der Waals surface area contributed by atoms with Gasteiger partial charge in [-0.2, -0.15) is 0 Å². The lowest BCUT2D eigenvalue weighted by Gasteiger charge is -2.33. The molecule has 0 bridgehead atoms. The second-order valence-corrected chi connectivity index (χ2v) is 8.32. The van der Waals surface area contributed by atoms with Crippen LogP contribution in [0.1, 0.15) is 59.1 Å².